The summed E-state index contributed by atoms with van der Waals surface area (Å²) >= 11 is 0. The molecule has 1 unspecified atom stereocenters. The lowest BCUT2D eigenvalue weighted by Gasteiger charge is -2.39. The van der Waals surface area contributed by atoms with Crippen molar-refractivity contribution in [3.63, 3.8) is 0 Å². The predicted molar refractivity (Wildman–Crippen MR) is 60.2 cm³/mol. The number of nitrogens with two attached hydrogens (primary N) is 1. The largest absolute Gasteiger partial charge is 0.324 e. The van der Waals surface area contributed by atoms with Gasteiger partial charge in [-0.25, -0.2) is 0 Å². The van der Waals surface area contributed by atoms with E-state index in [0.29, 0.717) is 5.54 Å². The van der Waals surface area contributed by atoms with Gasteiger partial charge in [0.25, 0.3) is 0 Å². The summed E-state index contributed by atoms with van der Waals surface area (Å²) in [6.45, 7) is 9.39. The lowest BCUT2D eigenvalue weighted by molar-refractivity contribution is 0.102. The first-order valence-electron chi connectivity index (χ1n) is 6.08. The Hall–Kier alpha value is -0.0800. The van der Waals surface area contributed by atoms with Crippen molar-refractivity contribution < 1.29 is 0 Å². The van der Waals surface area contributed by atoms with E-state index in [-0.39, 0.29) is 5.54 Å². The highest BCUT2D eigenvalue weighted by molar-refractivity contribution is 5.17. The highest BCUT2D eigenvalue weighted by atomic mass is 15.3. The second-order valence-electron chi connectivity index (χ2n) is 5.62. The van der Waals surface area contributed by atoms with Gasteiger partial charge in [-0.1, -0.05) is 20.3 Å². The van der Waals surface area contributed by atoms with Crippen LogP contribution < -0.4 is 5.73 Å². The first kappa shape index (κ1) is 10.4. The molecule has 1 heterocycles. The van der Waals surface area contributed by atoms with Gasteiger partial charge < -0.3 is 5.73 Å². The van der Waals surface area contributed by atoms with Crippen LogP contribution in [0.2, 0.25) is 0 Å². The fourth-order valence-electron chi connectivity index (χ4n) is 3.03. The average molecular weight is 196 g/mol. The molecule has 2 N–H and O–H groups in total. The van der Waals surface area contributed by atoms with E-state index in [1.807, 2.05) is 0 Å². The maximum absolute atomic E-state index is 6.25. The molecule has 2 heteroatoms. The minimum Gasteiger partial charge on any atom is -0.324 e. The smallest absolute Gasteiger partial charge is 0.0329 e. The van der Waals surface area contributed by atoms with Crippen LogP contribution in [0, 0.1) is 5.92 Å². The Balaban J connectivity index is 2.00. The average Bonchev–Trinajstić information content (AvgIpc) is 2.65. The van der Waals surface area contributed by atoms with E-state index < -0.39 is 0 Å². The zero-order chi connectivity index (χ0) is 10.4. The van der Waals surface area contributed by atoms with E-state index in [0.717, 1.165) is 12.5 Å². The first-order chi connectivity index (χ1) is 6.54. The van der Waals surface area contributed by atoms with Crippen LogP contribution in [0.1, 0.15) is 46.5 Å². The van der Waals surface area contributed by atoms with Gasteiger partial charge in [0.1, 0.15) is 0 Å². The number of hydrogen-bond donors (Lipinski definition) is 1. The number of piperidine rings is 1. The van der Waals surface area contributed by atoms with Crippen LogP contribution in [0.5, 0.6) is 0 Å². The van der Waals surface area contributed by atoms with Crippen LogP contribution >= 0.6 is 0 Å². The standard InChI is InChI=1S/C12H24N2/c1-4-6-11(3,5-2)14-8-10-7-12(10,13)9-14/h10H,4-9,13H2,1-3H3/t10-,11?,12-/m0/s1. The van der Waals surface area contributed by atoms with Crippen LogP contribution in [-0.4, -0.2) is 29.1 Å². The van der Waals surface area contributed by atoms with Crippen molar-refractivity contribution in [2.75, 3.05) is 13.1 Å². The zero-order valence-electron chi connectivity index (χ0n) is 9.84. The molecule has 1 saturated heterocycles. The monoisotopic (exact) mass is 196 g/mol. The molecule has 0 radical (unpaired) electrons. The van der Waals surface area contributed by atoms with Crippen molar-refractivity contribution in [2.45, 2.75) is 57.5 Å². The molecule has 0 aromatic carbocycles. The Morgan fingerprint density at radius 2 is 2.21 bits per heavy atom. The third kappa shape index (κ3) is 1.49. The molecule has 0 aromatic rings. The number of rotatable bonds is 4. The summed E-state index contributed by atoms with van der Waals surface area (Å²) in [5, 5.41) is 0. The van der Waals surface area contributed by atoms with E-state index in [9.17, 15) is 0 Å². The van der Waals surface area contributed by atoms with Crippen molar-refractivity contribution in [3.05, 3.63) is 0 Å². The summed E-state index contributed by atoms with van der Waals surface area (Å²) in [6, 6.07) is 0. The second kappa shape index (κ2) is 3.21. The summed E-state index contributed by atoms with van der Waals surface area (Å²) in [4.78, 5) is 2.64. The molecule has 0 spiro atoms. The van der Waals surface area contributed by atoms with Crippen molar-refractivity contribution in [3.8, 4) is 0 Å². The topological polar surface area (TPSA) is 29.3 Å². The normalized spacial score (nSPS) is 40.7. The maximum Gasteiger partial charge on any atom is 0.0329 e. The van der Waals surface area contributed by atoms with E-state index >= 15 is 0 Å². The number of nitrogens with zero attached hydrogens (tertiary/aromatic N) is 1. The second-order valence-corrected chi connectivity index (χ2v) is 5.62. The Morgan fingerprint density at radius 1 is 1.50 bits per heavy atom. The Kier molecular flexibility index (Phi) is 2.39. The molecule has 2 nitrogen and oxygen atoms in total. The number of fused-ring (bicyclic) bond motifs is 1. The molecule has 3 atom stereocenters. The third-order valence-corrected chi connectivity index (χ3v) is 4.52. The van der Waals surface area contributed by atoms with Gasteiger partial charge in [-0.2, -0.15) is 0 Å². The van der Waals surface area contributed by atoms with E-state index in [4.69, 9.17) is 5.73 Å². The molecule has 2 aliphatic rings. The molecule has 2 fully saturated rings. The van der Waals surface area contributed by atoms with Gasteiger partial charge in [0.15, 0.2) is 0 Å². The maximum atomic E-state index is 6.25. The molecule has 1 aliphatic heterocycles. The van der Waals surface area contributed by atoms with E-state index in [2.05, 4.69) is 25.7 Å². The molecule has 1 aliphatic carbocycles. The molecular formula is C12H24N2. The lowest BCUT2D eigenvalue weighted by Crippen LogP contribution is -2.47. The van der Waals surface area contributed by atoms with Crippen LogP contribution in [0.15, 0.2) is 0 Å². The summed E-state index contributed by atoms with van der Waals surface area (Å²) in [7, 11) is 0. The predicted octanol–water partition coefficient (Wildman–Crippen LogP) is 1.99. The van der Waals surface area contributed by atoms with Gasteiger partial charge in [0.2, 0.25) is 0 Å². The van der Waals surface area contributed by atoms with Crippen LogP contribution in [-0.2, 0) is 0 Å². The van der Waals surface area contributed by atoms with Crippen molar-refractivity contribution in [1.82, 2.24) is 4.90 Å². The minimum atomic E-state index is 0.212. The highest BCUT2D eigenvalue weighted by Crippen LogP contribution is 2.50. The zero-order valence-corrected chi connectivity index (χ0v) is 9.84. The molecule has 82 valence electrons. The highest BCUT2D eigenvalue weighted by Gasteiger charge is 2.59. The van der Waals surface area contributed by atoms with Gasteiger partial charge in [-0.3, -0.25) is 4.90 Å². The fraction of sp³-hybridized carbons (Fsp3) is 1.00. The molecule has 2 rings (SSSR count). The lowest BCUT2D eigenvalue weighted by atomic mass is 9.91. The molecule has 14 heavy (non-hydrogen) atoms. The summed E-state index contributed by atoms with van der Waals surface area (Å²) in [6.07, 6.45) is 5.12. The molecule has 0 bridgehead atoms. The van der Waals surface area contributed by atoms with E-state index in [1.54, 1.807) is 0 Å². The van der Waals surface area contributed by atoms with Crippen molar-refractivity contribution in [1.29, 1.82) is 0 Å². The van der Waals surface area contributed by atoms with Crippen LogP contribution in [0.3, 0.4) is 0 Å². The quantitative estimate of drug-likeness (QED) is 0.745. The number of hydrogen-bond acceptors (Lipinski definition) is 2. The fourth-order valence-corrected chi connectivity index (χ4v) is 3.03. The van der Waals surface area contributed by atoms with Crippen molar-refractivity contribution in [2.24, 2.45) is 11.7 Å². The minimum absolute atomic E-state index is 0.212. The third-order valence-electron chi connectivity index (χ3n) is 4.52. The van der Waals surface area contributed by atoms with Gasteiger partial charge in [0, 0.05) is 24.2 Å². The summed E-state index contributed by atoms with van der Waals surface area (Å²) < 4.78 is 0. The summed E-state index contributed by atoms with van der Waals surface area (Å²) in [5.74, 6) is 0.810. The summed E-state index contributed by atoms with van der Waals surface area (Å²) in [5.41, 5.74) is 6.87. The van der Waals surface area contributed by atoms with E-state index in [1.165, 1.54) is 32.2 Å². The van der Waals surface area contributed by atoms with Gasteiger partial charge >= 0.3 is 0 Å². The van der Waals surface area contributed by atoms with Crippen LogP contribution in [0.4, 0.5) is 0 Å². The molecular weight excluding hydrogens is 172 g/mol. The van der Waals surface area contributed by atoms with Gasteiger partial charge in [-0.15, -0.1) is 0 Å². The Morgan fingerprint density at radius 3 is 2.64 bits per heavy atom. The Bertz CT molecular complexity index is 228. The number of likely N-dealkylation sites (tertiary alicyclic amines) is 1. The molecule has 1 saturated carbocycles. The van der Waals surface area contributed by atoms with Gasteiger partial charge in [-0.05, 0) is 32.1 Å². The Labute approximate surface area is 87.8 Å². The molecule has 0 aromatic heterocycles. The van der Waals surface area contributed by atoms with Crippen molar-refractivity contribution >= 4 is 0 Å². The first-order valence-corrected chi connectivity index (χ1v) is 6.08. The molecule has 0 amide bonds. The SMILES string of the molecule is CCCC(C)(CC)N1C[C@@H]2C[C@]2(N)C1. The van der Waals surface area contributed by atoms with Crippen LogP contribution in [0.25, 0.3) is 0 Å². The van der Waals surface area contributed by atoms with Gasteiger partial charge in [0.05, 0.1) is 0 Å².